The maximum Gasteiger partial charge on any atom is 0.141 e. The van der Waals surface area contributed by atoms with Gasteiger partial charge in [-0.25, -0.2) is 9.37 Å². The molecule has 0 aliphatic heterocycles. The number of likely N-dealkylation sites (N-methyl/N-ethyl adjacent to an activating group) is 1. The predicted molar refractivity (Wildman–Crippen MR) is 58.3 cm³/mol. The summed E-state index contributed by atoms with van der Waals surface area (Å²) in [5, 5.41) is 9.72. The van der Waals surface area contributed by atoms with Gasteiger partial charge in [0.15, 0.2) is 0 Å². The van der Waals surface area contributed by atoms with Crippen LogP contribution in [-0.4, -0.2) is 22.2 Å². The van der Waals surface area contributed by atoms with Gasteiger partial charge in [-0.3, -0.25) is 5.10 Å². The number of rotatable bonds is 4. The molecule has 0 saturated carbocycles. The van der Waals surface area contributed by atoms with Crippen molar-refractivity contribution in [3.8, 4) is 0 Å². The molecule has 16 heavy (non-hydrogen) atoms. The van der Waals surface area contributed by atoms with Crippen molar-refractivity contribution in [1.29, 1.82) is 0 Å². The molecule has 0 bridgehead atoms. The third-order valence-electron chi connectivity index (χ3n) is 2.44. The second-order valence-electron chi connectivity index (χ2n) is 3.55. The zero-order chi connectivity index (χ0) is 11.4. The lowest BCUT2D eigenvalue weighted by Crippen LogP contribution is -2.20. The minimum absolute atomic E-state index is 0.0179. The fraction of sp³-hybridized carbons (Fsp3) is 0.273. The molecule has 1 atom stereocenters. The Morgan fingerprint density at radius 2 is 2.38 bits per heavy atom. The van der Waals surface area contributed by atoms with Gasteiger partial charge < -0.3 is 5.32 Å². The molecule has 0 radical (unpaired) electrons. The van der Waals surface area contributed by atoms with Crippen LogP contribution in [0.2, 0.25) is 0 Å². The van der Waals surface area contributed by atoms with Crippen LogP contribution in [0.5, 0.6) is 0 Å². The lowest BCUT2D eigenvalue weighted by molar-refractivity contribution is 0.555. The molecule has 0 spiro atoms. The van der Waals surface area contributed by atoms with Gasteiger partial charge in [-0.05, 0) is 31.2 Å². The Balaban J connectivity index is 2.13. The van der Waals surface area contributed by atoms with Gasteiger partial charge in [0.05, 0.1) is 6.04 Å². The third-order valence-corrected chi connectivity index (χ3v) is 2.44. The molecule has 0 fully saturated rings. The van der Waals surface area contributed by atoms with Gasteiger partial charge in [-0.1, -0.05) is 12.1 Å². The van der Waals surface area contributed by atoms with Crippen LogP contribution in [0.1, 0.15) is 17.4 Å². The van der Waals surface area contributed by atoms with Crippen molar-refractivity contribution in [1.82, 2.24) is 20.5 Å². The smallest absolute Gasteiger partial charge is 0.141 e. The van der Waals surface area contributed by atoms with Crippen LogP contribution >= 0.6 is 0 Å². The van der Waals surface area contributed by atoms with E-state index < -0.39 is 0 Å². The highest BCUT2D eigenvalue weighted by molar-refractivity contribution is 5.18. The summed E-state index contributed by atoms with van der Waals surface area (Å²) < 4.78 is 13.0. The van der Waals surface area contributed by atoms with Crippen LogP contribution in [0.25, 0.3) is 0 Å². The molecule has 1 aromatic carbocycles. The van der Waals surface area contributed by atoms with Crippen LogP contribution in [-0.2, 0) is 6.42 Å². The number of halogens is 1. The van der Waals surface area contributed by atoms with Gasteiger partial charge >= 0.3 is 0 Å². The molecule has 0 aliphatic rings. The number of nitrogens with one attached hydrogen (secondary N) is 2. The normalized spacial score (nSPS) is 12.6. The second kappa shape index (κ2) is 4.85. The summed E-state index contributed by atoms with van der Waals surface area (Å²) in [6.45, 7) is 0. The first-order valence-electron chi connectivity index (χ1n) is 5.06. The molecule has 4 nitrogen and oxygen atoms in total. The zero-order valence-electron chi connectivity index (χ0n) is 8.94. The molecule has 0 amide bonds. The third kappa shape index (κ3) is 2.43. The maximum atomic E-state index is 13.0. The standard InChI is InChI=1S/C11H13FN4/c1-13-10(11-14-7-15-16-11)6-8-3-2-4-9(12)5-8/h2-5,7,10,13H,6H2,1H3,(H,14,15,16). The van der Waals surface area contributed by atoms with E-state index in [0.29, 0.717) is 6.42 Å². The van der Waals surface area contributed by atoms with E-state index in [9.17, 15) is 4.39 Å². The average Bonchev–Trinajstić information content (AvgIpc) is 2.79. The summed E-state index contributed by atoms with van der Waals surface area (Å²) in [5.74, 6) is 0.539. The quantitative estimate of drug-likeness (QED) is 0.820. The monoisotopic (exact) mass is 220 g/mol. The van der Waals surface area contributed by atoms with Crippen molar-refractivity contribution < 1.29 is 4.39 Å². The molecular weight excluding hydrogens is 207 g/mol. The van der Waals surface area contributed by atoms with E-state index in [2.05, 4.69) is 20.5 Å². The number of H-pyrrole nitrogens is 1. The van der Waals surface area contributed by atoms with E-state index in [0.717, 1.165) is 11.4 Å². The Morgan fingerprint density at radius 1 is 1.50 bits per heavy atom. The average molecular weight is 220 g/mol. The van der Waals surface area contributed by atoms with Crippen LogP contribution in [0.4, 0.5) is 4.39 Å². The van der Waals surface area contributed by atoms with Crippen LogP contribution in [0.15, 0.2) is 30.6 Å². The SMILES string of the molecule is CNC(Cc1cccc(F)c1)c1ncn[nH]1. The highest BCUT2D eigenvalue weighted by atomic mass is 19.1. The molecule has 84 valence electrons. The fourth-order valence-electron chi connectivity index (χ4n) is 1.62. The molecule has 0 aliphatic carbocycles. The Hall–Kier alpha value is -1.75. The van der Waals surface area contributed by atoms with Crippen molar-refractivity contribution in [2.75, 3.05) is 7.05 Å². The van der Waals surface area contributed by atoms with Gasteiger partial charge in [-0.15, -0.1) is 0 Å². The topological polar surface area (TPSA) is 53.6 Å². The van der Waals surface area contributed by atoms with Crippen LogP contribution in [0, 0.1) is 5.82 Å². The van der Waals surface area contributed by atoms with E-state index in [1.54, 1.807) is 6.07 Å². The highest BCUT2D eigenvalue weighted by Gasteiger charge is 2.12. The summed E-state index contributed by atoms with van der Waals surface area (Å²) in [4.78, 5) is 4.08. The van der Waals surface area contributed by atoms with E-state index >= 15 is 0 Å². The molecule has 0 saturated heterocycles. The molecule has 1 heterocycles. The molecule has 2 N–H and O–H groups in total. The summed E-state index contributed by atoms with van der Waals surface area (Å²) >= 11 is 0. The van der Waals surface area contributed by atoms with Crippen molar-refractivity contribution in [2.45, 2.75) is 12.5 Å². The highest BCUT2D eigenvalue weighted by Crippen LogP contribution is 2.14. The van der Waals surface area contributed by atoms with Gasteiger partial charge in [0, 0.05) is 0 Å². The molecule has 1 aromatic heterocycles. The van der Waals surface area contributed by atoms with Crippen LogP contribution in [0.3, 0.4) is 0 Å². The number of hydrogen-bond donors (Lipinski definition) is 2. The molecule has 2 aromatic rings. The Kier molecular flexibility index (Phi) is 3.26. The number of nitrogens with zero attached hydrogens (tertiary/aromatic N) is 2. The van der Waals surface area contributed by atoms with E-state index in [1.165, 1.54) is 18.5 Å². The predicted octanol–water partition coefficient (Wildman–Crippen LogP) is 1.45. The van der Waals surface area contributed by atoms with Gasteiger partial charge in [0.25, 0.3) is 0 Å². The number of benzene rings is 1. The maximum absolute atomic E-state index is 13.0. The van der Waals surface area contributed by atoms with E-state index in [1.807, 2.05) is 13.1 Å². The Morgan fingerprint density at radius 3 is 3.00 bits per heavy atom. The van der Waals surface area contributed by atoms with Gasteiger partial charge in [0.1, 0.15) is 18.0 Å². The van der Waals surface area contributed by atoms with Gasteiger partial charge in [-0.2, -0.15) is 5.10 Å². The Labute approximate surface area is 92.9 Å². The zero-order valence-corrected chi connectivity index (χ0v) is 8.94. The fourth-order valence-corrected chi connectivity index (χ4v) is 1.62. The summed E-state index contributed by atoms with van der Waals surface area (Å²) in [6.07, 6.45) is 2.13. The number of aromatic nitrogens is 3. The first-order valence-corrected chi connectivity index (χ1v) is 5.06. The molecule has 1 unspecified atom stereocenters. The minimum atomic E-state index is -0.218. The molecule has 2 rings (SSSR count). The van der Waals surface area contributed by atoms with Gasteiger partial charge in [0.2, 0.25) is 0 Å². The summed E-state index contributed by atoms with van der Waals surface area (Å²) in [6, 6.07) is 6.58. The van der Waals surface area contributed by atoms with E-state index in [4.69, 9.17) is 0 Å². The Bertz CT molecular complexity index is 441. The van der Waals surface area contributed by atoms with E-state index in [-0.39, 0.29) is 11.9 Å². The van der Waals surface area contributed by atoms with Crippen molar-refractivity contribution in [3.63, 3.8) is 0 Å². The van der Waals surface area contributed by atoms with Crippen molar-refractivity contribution in [2.24, 2.45) is 0 Å². The lowest BCUT2D eigenvalue weighted by Gasteiger charge is -2.12. The summed E-state index contributed by atoms with van der Waals surface area (Å²) in [7, 11) is 1.84. The molecule has 5 heteroatoms. The van der Waals surface area contributed by atoms with Crippen LogP contribution < -0.4 is 5.32 Å². The number of aromatic amines is 1. The first-order chi connectivity index (χ1) is 7.79. The first kappa shape index (κ1) is 10.8. The number of hydrogen-bond acceptors (Lipinski definition) is 3. The lowest BCUT2D eigenvalue weighted by atomic mass is 10.1. The largest absolute Gasteiger partial charge is 0.310 e. The molecular formula is C11H13FN4. The van der Waals surface area contributed by atoms with Crippen molar-refractivity contribution in [3.05, 3.63) is 47.8 Å². The minimum Gasteiger partial charge on any atom is -0.310 e. The second-order valence-corrected chi connectivity index (χ2v) is 3.55. The van der Waals surface area contributed by atoms with Crippen molar-refractivity contribution >= 4 is 0 Å². The summed E-state index contributed by atoms with van der Waals surface area (Å²) in [5.41, 5.74) is 0.927.